The van der Waals surface area contributed by atoms with Gasteiger partial charge in [0.2, 0.25) is 5.91 Å². The van der Waals surface area contributed by atoms with E-state index in [2.05, 4.69) is 10.3 Å². The number of ether oxygens (including phenoxy) is 2. The molecule has 0 saturated carbocycles. The first-order chi connectivity index (χ1) is 15.0. The van der Waals surface area contributed by atoms with Gasteiger partial charge < -0.3 is 19.2 Å². The van der Waals surface area contributed by atoms with Crippen LogP contribution in [0, 0.1) is 0 Å². The van der Waals surface area contributed by atoms with E-state index in [4.69, 9.17) is 32.7 Å². The van der Waals surface area contributed by atoms with Crippen LogP contribution in [0.2, 0.25) is 10.0 Å². The van der Waals surface area contributed by atoms with Gasteiger partial charge in [0, 0.05) is 34.2 Å². The van der Waals surface area contributed by atoms with Crippen LogP contribution in [0.3, 0.4) is 0 Å². The number of methoxy groups -OCH3 is 1. The molecule has 0 aliphatic heterocycles. The molecule has 0 unspecified atom stereocenters. The van der Waals surface area contributed by atoms with E-state index in [-0.39, 0.29) is 18.9 Å². The molecule has 0 aliphatic rings. The lowest BCUT2D eigenvalue weighted by atomic mass is 10.1. The number of fused-ring (bicyclic) bond motifs is 1. The smallest absolute Gasteiger partial charge is 0.228 e. The lowest BCUT2D eigenvalue weighted by molar-refractivity contribution is -0.115. The highest BCUT2D eigenvalue weighted by atomic mass is 35.5. The molecule has 0 aliphatic carbocycles. The number of hydrogen-bond donors (Lipinski definition) is 1. The maximum absolute atomic E-state index is 12.5. The predicted molar refractivity (Wildman–Crippen MR) is 121 cm³/mol. The van der Waals surface area contributed by atoms with Gasteiger partial charge in [-0.2, -0.15) is 0 Å². The van der Waals surface area contributed by atoms with Crippen LogP contribution in [0.5, 0.6) is 11.5 Å². The van der Waals surface area contributed by atoms with Crippen LogP contribution in [0.25, 0.3) is 5.65 Å². The molecule has 158 valence electrons. The second-order valence-electron chi connectivity index (χ2n) is 6.78. The topological polar surface area (TPSA) is 64.9 Å². The molecule has 6 nitrogen and oxygen atoms in total. The van der Waals surface area contributed by atoms with Crippen molar-refractivity contribution < 1.29 is 14.3 Å². The summed E-state index contributed by atoms with van der Waals surface area (Å²) in [6, 6.07) is 16.1. The lowest BCUT2D eigenvalue weighted by Crippen LogP contribution is -2.15. The van der Waals surface area contributed by atoms with E-state index in [0.29, 0.717) is 32.8 Å². The van der Waals surface area contributed by atoms with Gasteiger partial charge in [-0.3, -0.25) is 4.79 Å². The van der Waals surface area contributed by atoms with Gasteiger partial charge >= 0.3 is 0 Å². The molecule has 0 bridgehead atoms. The molecular weight excluding hydrogens is 437 g/mol. The zero-order chi connectivity index (χ0) is 21.8. The Hall–Kier alpha value is -3.22. The van der Waals surface area contributed by atoms with Crippen LogP contribution in [0.4, 0.5) is 5.69 Å². The van der Waals surface area contributed by atoms with Crippen LogP contribution in [0.1, 0.15) is 11.3 Å². The molecule has 31 heavy (non-hydrogen) atoms. The maximum Gasteiger partial charge on any atom is 0.228 e. The SMILES string of the molecule is COc1ccc(NC(=O)Cc2c(Cl)cccc2Cl)cc1OCc1cn2ccccc2n1. The quantitative estimate of drug-likeness (QED) is 0.404. The van der Waals surface area contributed by atoms with Crippen molar-refractivity contribution >= 4 is 40.4 Å². The molecule has 2 heterocycles. The Bertz CT molecular complexity index is 1190. The summed E-state index contributed by atoms with van der Waals surface area (Å²) in [5.74, 6) is 0.801. The van der Waals surface area contributed by atoms with Crippen molar-refractivity contribution in [3.63, 3.8) is 0 Å². The second-order valence-corrected chi connectivity index (χ2v) is 7.59. The number of anilines is 1. The number of nitrogens with zero attached hydrogens (tertiary/aromatic N) is 2. The summed E-state index contributed by atoms with van der Waals surface area (Å²) < 4.78 is 13.2. The van der Waals surface area contributed by atoms with Crippen LogP contribution < -0.4 is 14.8 Å². The van der Waals surface area contributed by atoms with Crippen molar-refractivity contribution in [2.45, 2.75) is 13.0 Å². The summed E-state index contributed by atoms with van der Waals surface area (Å²) in [7, 11) is 1.56. The molecule has 1 N–H and O–H groups in total. The normalized spacial score (nSPS) is 10.8. The van der Waals surface area contributed by atoms with Crippen molar-refractivity contribution in [1.29, 1.82) is 0 Å². The van der Waals surface area contributed by atoms with Gasteiger partial charge in [-0.1, -0.05) is 35.3 Å². The van der Waals surface area contributed by atoms with E-state index in [1.807, 2.05) is 35.0 Å². The molecule has 8 heteroatoms. The first-order valence-electron chi connectivity index (χ1n) is 9.49. The number of rotatable bonds is 7. The van der Waals surface area contributed by atoms with Crippen LogP contribution in [-0.2, 0) is 17.8 Å². The average molecular weight is 456 g/mol. The summed E-state index contributed by atoms with van der Waals surface area (Å²) in [5.41, 5.74) is 2.77. The fourth-order valence-corrected chi connectivity index (χ4v) is 3.67. The van der Waals surface area contributed by atoms with E-state index in [1.165, 1.54) is 0 Å². The molecule has 0 saturated heterocycles. The Morgan fingerprint density at radius 3 is 2.61 bits per heavy atom. The monoisotopic (exact) mass is 455 g/mol. The molecule has 0 fully saturated rings. The van der Waals surface area contributed by atoms with E-state index in [0.717, 1.165) is 11.3 Å². The number of aromatic nitrogens is 2. The third-order valence-corrected chi connectivity index (χ3v) is 5.34. The standard InChI is InChI=1S/C23H19Cl2N3O3/c1-30-20-9-8-15(27-23(29)12-17-18(24)5-4-6-19(17)25)11-21(20)31-14-16-13-28-10-3-2-7-22(28)26-16/h2-11,13H,12,14H2,1H3,(H,27,29). The molecule has 2 aromatic carbocycles. The van der Waals surface area contributed by atoms with E-state index in [9.17, 15) is 4.79 Å². The number of carbonyl (C=O) groups is 1. The highest BCUT2D eigenvalue weighted by Crippen LogP contribution is 2.31. The van der Waals surface area contributed by atoms with Crippen molar-refractivity contribution in [3.8, 4) is 11.5 Å². The minimum absolute atomic E-state index is 0.0575. The lowest BCUT2D eigenvalue weighted by Gasteiger charge is -2.13. The number of pyridine rings is 1. The average Bonchev–Trinajstić information content (AvgIpc) is 3.18. The van der Waals surface area contributed by atoms with Crippen molar-refractivity contribution in [2.24, 2.45) is 0 Å². The van der Waals surface area contributed by atoms with Crippen molar-refractivity contribution in [2.75, 3.05) is 12.4 Å². The highest BCUT2D eigenvalue weighted by molar-refractivity contribution is 6.36. The van der Waals surface area contributed by atoms with E-state index < -0.39 is 0 Å². The molecular formula is C23H19Cl2N3O3. The summed E-state index contributed by atoms with van der Waals surface area (Å²) >= 11 is 12.3. The van der Waals surface area contributed by atoms with Gasteiger partial charge in [0.1, 0.15) is 12.3 Å². The van der Waals surface area contributed by atoms with Crippen molar-refractivity contribution in [3.05, 3.63) is 88.3 Å². The summed E-state index contributed by atoms with van der Waals surface area (Å²) in [4.78, 5) is 17.0. The predicted octanol–water partition coefficient (Wildman–Crippen LogP) is 5.41. The zero-order valence-electron chi connectivity index (χ0n) is 16.6. The molecule has 2 aromatic heterocycles. The number of hydrogen-bond acceptors (Lipinski definition) is 4. The van der Waals surface area contributed by atoms with Gasteiger partial charge in [0.25, 0.3) is 0 Å². The fraction of sp³-hybridized carbons (Fsp3) is 0.130. The number of carbonyl (C=O) groups excluding carboxylic acids is 1. The number of halogens is 2. The van der Waals surface area contributed by atoms with Crippen molar-refractivity contribution in [1.82, 2.24) is 9.38 Å². The van der Waals surface area contributed by atoms with Gasteiger partial charge in [-0.25, -0.2) is 4.98 Å². The fourth-order valence-electron chi connectivity index (χ4n) is 3.14. The Morgan fingerprint density at radius 2 is 1.87 bits per heavy atom. The minimum atomic E-state index is -0.244. The van der Waals surface area contributed by atoms with E-state index in [1.54, 1.807) is 43.5 Å². The Labute approximate surface area is 189 Å². The molecule has 0 radical (unpaired) electrons. The molecule has 1 amide bonds. The number of amides is 1. The molecule has 4 rings (SSSR count). The van der Waals surface area contributed by atoms with Crippen LogP contribution >= 0.6 is 23.2 Å². The molecule has 4 aromatic rings. The Balaban J connectivity index is 1.47. The molecule has 0 spiro atoms. The van der Waals surface area contributed by atoms with Gasteiger partial charge in [0.15, 0.2) is 11.5 Å². The first-order valence-corrected chi connectivity index (χ1v) is 10.3. The Morgan fingerprint density at radius 1 is 1.06 bits per heavy atom. The number of nitrogens with one attached hydrogen (secondary N) is 1. The van der Waals surface area contributed by atoms with Gasteiger partial charge in [-0.15, -0.1) is 0 Å². The zero-order valence-corrected chi connectivity index (χ0v) is 18.2. The van der Waals surface area contributed by atoms with Crippen LogP contribution in [0.15, 0.2) is 67.0 Å². The first kappa shape index (κ1) is 21.0. The third kappa shape index (κ3) is 4.93. The Kier molecular flexibility index (Phi) is 6.30. The van der Waals surface area contributed by atoms with Gasteiger partial charge in [-0.05, 0) is 42.0 Å². The van der Waals surface area contributed by atoms with Gasteiger partial charge in [0.05, 0.1) is 19.2 Å². The summed E-state index contributed by atoms with van der Waals surface area (Å²) in [6.45, 7) is 0.255. The highest BCUT2D eigenvalue weighted by Gasteiger charge is 2.13. The number of benzene rings is 2. The minimum Gasteiger partial charge on any atom is -0.493 e. The van der Waals surface area contributed by atoms with Crippen LogP contribution in [-0.4, -0.2) is 22.4 Å². The second kappa shape index (κ2) is 9.29. The number of imidazole rings is 1. The largest absolute Gasteiger partial charge is 0.493 e. The molecule has 0 atom stereocenters. The van der Waals surface area contributed by atoms with E-state index >= 15 is 0 Å². The maximum atomic E-state index is 12.5. The third-order valence-electron chi connectivity index (χ3n) is 4.64. The summed E-state index contributed by atoms with van der Waals surface area (Å²) in [5, 5.41) is 3.75. The summed E-state index contributed by atoms with van der Waals surface area (Å²) in [6.07, 6.45) is 3.89.